The first kappa shape index (κ1) is 14.1. The third kappa shape index (κ3) is 3.39. The van der Waals surface area contributed by atoms with Gasteiger partial charge >= 0.3 is 0 Å². The number of nitrogens with one attached hydrogen (secondary N) is 2. The SMILES string of the molecule is CSC1CCCCC1NC(=O)c1ccncc1NN. The van der Waals surface area contributed by atoms with Crippen molar-refractivity contribution < 1.29 is 4.79 Å². The summed E-state index contributed by atoms with van der Waals surface area (Å²) in [5.41, 5.74) is 3.61. The molecule has 1 aromatic heterocycles. The zero-order valence-electron chi connectivity index (χ0n) is 11.1. The maximum absolute atomic E-state index is 12.3. The standard InChI is InChI=1S/C13H20N4OS/c1-19-12-5-3-2-4-10(12)16-13(18)9-6-7-15-8-11(9)17-14/h6-8,10,12,17H,2-5,14H2,1H3,(H,16,18). The Balaban J connectivity index is 2.07. The number of carbonyl (C=O) groups is 1. The molecule has 1 aromatic rings. The summed E-state index contributed by atoms with van der Waals surface area (Å²) in [7, 11) is 0. The highest BCUT2D eigenvalue weighted by molar-refractivity contribution is 7.99. The fraction of sp³-hybridized carbons (Fsp3) is 0.538. The van der Waals surface area contributed by atoms with E-state index >= 15 is 0 Å². The van der Waals surface area contributed by atoms with Gasteiger partial charge in [0.1, 0.15) is 0 Å². The molecule has 6 heteroatoms. The second-order valence-corrected chi connectivity index (χ2v) is 5.78. The van der Waals surface area contributed by atoms with E-state index in [9.17, 15) is 4.79 Å². The zero-order valence-corrected chi connectivity index (χ0v) is 11.9. The third-order valence-electron chi connectivity index (χ3n) is 3.54. The van der Waals surface area contributed by atoms with E-state index < -0.39 is 0 Å². The lowest BCUT2D eigenvalue weighted by Gasteiger charge is -2.31. The van der Waals surface area contributed by atoms with Crippen LogP contribution in [0.15, 0.2) is 18.5 Å². The van der Waals surface area contributed by atoms with Crippen molar-refractivity contribution in [2.24, 2.45) is 5.84 Å². The number of pyridine rings is 1. The molecule has 5 nitrogen and oxygen atoms in total. The molecule has 0 aliphatic heterocycles. The highest BCUT2D eigenvalue weighted by Crippen LogP contribution is 2.27. The molecule has 2 atom stereocenters. The first-order valence-electron chi connectivity index (χ1n) is 6.50. The maximum Gasteiger partial charge on any atom is 0.253 e. The van der Waals surface area contributed by atoms with Gasteiger partial charge in [-0.2, -0.15) is 11.8 Å². The van der Waals surface area contributed by atoms with Gasteiger partial charge in [-0.15, -0.1) is 0 Å². The van der Waals surface area contributed by atoms with Crippen LogP contribution in [0.25, 0.3) is 0 Å². The molecular formula is C13H20N4OS. The van der Waals surface area contributed by atoms with Crippen LogP contribution in [0.3, 0.4) is 0 Å². The number of hydrogen-bond donors (Lipinski definition) is 3. The summed E-state index contributed by atoms with van der Waals surface area (Å²) in [5.74, 6) is 5.32. The number of anilines is 1. The highest BCUT2D eigenvalue weighted by Gasteiger charge is 2.26. The van der Waals surface area contributed by atoms with E-state index in [0.717, 1.165) is 6.42 Å². The Morgan fingerprint density at radius 2 is 2.26 bits per heavy atom. The van der Waals surface area contributed by atoms with E-state index in [4.69, 9.17) is 5.84 Å². The van der Waals surface area contributed by atoms with Gasteiger partial charge in [0.2, 0.25) is 0 Å². The second-order valence-electron chi connectivity index (χ2n) is 4.70. The summed E-state index contributed by atoms with van der Waals surface area (Å²) in [5, 5.41) is 3.64. The lowest BCUT2D eigenvalue weighted by Crippen LogP contribution is -2.43. The van der Waals surface area contributed by atoms with Gasteiger partial charge in [-0.3, -0.25) is 15.6 Å². The second kappa shape index (κ2) is 6.77. The number of aromatic nitrogens is 1. The van der Waals surface area contributed by atoms with E-state index in [1.165, 1.54) is 19.3 Å². The van der Waals surface area contributed by atoms with Crippen molar-refractivity contribution in [2.45, 2.75) is 37.0 Å². The quantitative estimate of drug-likeness (QED) is 0.578. The number of nitrogens with zero attached hydrogens (tertiary/aromatic N) is 1. The average molecular weight is 280 g/mol. The summed E-state index contributed by atoms with van der Waals surface area (Å²) in [6.45, 7) is 0. The van der Waals surface area contributed by atoms with Crippen LogP contribution in [0.2, 0.25) is 0 Å². The predicted molar refractivity (Wildman–Crippen MR) is 79.1 cm³/mol. The molecule has 4 N–H and O–H groups in total. The topological polar surface area (TPSA) is 80.0 Å². The Bertz CT molecular complexity index is 440. The number of rotatable bonds is 4. The Morgan fingerprint density at radius 1 is 1.47 bits per heavy atom. The van der Waals surface area contributed by atoms with Crippen LogP contribution >= 0.6 is 11.8 Å². The van der Waals surface area contributed by atoms with Gasteiger partial charge in [-0.05, 0) is 25.2 Å². The Labute approximate surface area is 117 Å². The van der Waals surface area contributed by atoms with Crippen molar-refractivity contribution in [3.63, 3.8) is 0 Å². The van der Waals surface area contributed by atoms with E-state index in [1.54, 1.807) is 18.5 Å². The number of thioether (sulfide) groups is 1. The number of carbonyl (C=O) groups excluding carboxylic acids is 1. The molecule has 1 aliphatic carbocycles. The summed E-state index contributed by atoms with van der Waals surface area (Å²) in [4.78, 5) is 16.3. The van der Waals surface area contributed by atoms with Crippen molar-refractivity contribution in [3.8, 4) is 0 Å². The van der Waals surface area contributed by atoms with Crippen molar-refractivity contribution in [3.05, 3.63) is 24.0 Å². The molecule has 2 rings (SSSR count). The maximum atomic E-state index is 12.3. The number of nitrogen functional groups attached to an aromatic ring is 1. The fourth-order valence-electron chi connectivity index (χ4n) is 2.50. The summed E-state index contributed by atoms with van der Waals surface area (Å²) in [6, 6.07) is 1.93. The van der Waals surface area contributed by atoms with Crippen LogP contribution in [-0.2, 0) is 0 Å². The lowest BCUT2D eigenvalue weighted by molar-refractivity contribution is 0.0930. The third-order valence-corrected chi connectivity index (χ3v) is 4.71. The summed E-state index contributed by atoms with van der Waals surface area (Å²) < 4.78 is 0. The molecule has 19 heavy (non-hydrogen) atoms. The molecule has 1 aliphatic rings. The molecule has 0 aromatic carbocycles. The molecule has 1 heterocycles. The van der Waals surface area contributed by atoms with Gasteiger partial charge in [0.15, 0.2) is 0 Å². The van der Waals surface area contributed by atoms with Crippen molar-refractivity contribution in [1.29, 1.82) is 0 Å². The molecule has 0 spiro atoms. The van der Waals surface area contributed by atoms with Crippen molar-refractivity contribution >= 4 is 23.4 Å². The first-order valence-corrected chi connectivity index (χ1v) is 7.79. The van der Waals surface area contributed by atoms with Crippen LogP contribution < -0.4 is 16.6 Å². The smallest absolute Gasteiger partial charge is 0.253 e. The largest absolute Gasteiger partial charge is 0.348 e. The van der Waals surface area contributed by atoms with Gasteiger partial charge in [-0.1, -0.05) is 12.8 Å². The molecule has 1 saturated carbocycles. The average Bonchev–Trinajstić information content (AvgIpc) is 2.47. The van der Waals surface area contributed by atoms with E-state index in [2.05, 4.69) is 22.0 Å². The first-order chi connectivity index (χ1) is 9.26. The zero-order chi connectivity index (χ0) is 13.7. The predicted octanol–water partition coefficient (Wildman–Crippen LogP) is 1.77. The number of hydrazine groups is 1. The molecule has 0 bridgehead atoms. The van der Waals surface area contributed by atoms with Crippen LogP contribution in [0.5, 0.6) is 0 Å². The van der Waals surface area contributed by atoms with Crippen LogP contribution in [0.1, 0.15) is 36.0 Å². The van der Waals surface area contributed by atoms with Crippen LogP contribution in [0, 0.1) is 0 Å². The Hall–Kier alpha value is -1.27. The molecule has 0 saturated heterocycles. The highest BCUT2D eigenvalue weighted by atomic mass is 32.2. The summed E-state index contributed by atoms with van der Waals surface area (Å²) >= 11 is 1.83. The van der Waals surface area contributed by atoms with E-state index in [1.807, 2.05) is 11.8 Å². The minimum atomic E-state index is -0.0821. The lowest BCUT2D eigenvalue weighted by atomic mass is 9.94. The van der Waals surface area contributed by atoms with Crippen molar-refractivity contribution in [2.75, 3.05) is 11.7 Å². The van der Waals surface area contributed by atoms with Gasteiger partial charge < -0.3 is 10.7 Å². The minimum absolute atomic E-state index is 0.0821. The number of hydrogen-bond acceptors (Lipinski definition) is 5. The van der Waals surface area contributed by atoms with E-state index in [0.29, 0.717) is 16.5 Å². The fourth-order valence-corrected chi connectivity index (χ4v) is 3.43. The molecular weight excluding hydrogens is 260 g/mol. The van der Waals surface area contributed by atoms with Gasteiger partial charge in [0.25, 0.3) is 5.91 Å². The van der Waals surface area contributed by atoms with Gasteiger partial charge in [-0.25, -0.2) is 0 Å². The van der Waals surface area contributed by atoms with Crippen molar-refractivity contribution in [1.82, 2.24) is 10.3 Å². The number of nitrogens with two attached hydrogens (primary N) is 1. The van der Waals surface area contributed by atoms with E-state index in [-0.39, 0.29) is 11.9 Å². The molecule has 1 fully saturated rings. The van der Waals surface area contributed by atoms with Gasteiger partial charge in [0, 0.05) is 17.5 Å². The van der Waals surface area contributed by atoms with Crippen LogP contribution in [-0.4, -0.2) is 28.4 Å². The normalized spacial score (nSPS) is 22.8. The van der Waals surface area contributed by atoms with Crippen LogP contribution in [0.4, 0.5) is 5.69 Å². The molecule has 104 valence electrons. The van der Waals surface area contributed by atoms with Gasteiger partial charge in [0.05, 0.1) is 17.4 Å². The molecule has 2 unspecified atom stereocenters. The Kier molecular flexibility index (Phi) is 5.04. The summed E-state index contributed by atoms with van der Waals surface area (Å²) in [6.07, 6.45) is 9.92. The molecule has 1 amide bonds. The molecule has 0 radical (unpaired) electrons. The Morgan fingerprint density at radius 3 is 3.00 bits per heavy atom. The minimum Gasteiger partial charge on any atom is -0.348 e. The number of amides is 1. The monoisotopic (exact) mass is 280 g/mol.